The van der Waals surface area contributed by atoms with Crippen LogP contribution in [0.1, 0.15) is 0 Å². The van der Waals surface area contributed by atoms with Gasteiger partial charge in [0.1, 0.15) is 6.26 Å². The zero-order chi connectivity index (χ0) is 7.28. The molecule has 0 radical (unpaired) electrons. The van der Waals surface area contributed by atoms with Crippen LogP contribution in [0.4, 0.5) is 0 Å². The first-order chi connectivity index (χ1) is 4.13. The summed E-state index contributed by atoms with van der Waals surface area (Å²) in [5, 5.41) is 16.1. The van der Waals surface area contributed by atoms with E-state index in [2.05, 4.69) is 10.5 Å². The number of hydrogen-bond donors (Lipinski definition) is 3. The molecule has 0 fully saturated rings. The van der Waals surface area contributed by atoms with E-state index in [1.807, 2.05) is 0 Å². The SMILES string of the molecule is N/C(O)=C/OCC(=O)O. The third kappa shape index (κ3) is 6.61. The Morgan fingerprint density at radius 2 is 2.22 bits per heavy atom. The Bertz CT molecular complexity index is 127. The van der Waals surface area contributed by atoms with Crippen LogP contribution in [0.3, 0.4) is 0 Å². The molecule has 0 aromatic carbocycles. The Balaban J connectivity index is 3.31. The van der Waals surface area contributed by atoms with Gasteiger partial charge in [-0.1, -0.05) is 0 Å². The zero-order valence-corrected chi connectivity index (χ0v) is 4.57. The Morgan fingerprint density at radius 3 is 2.56 bits per heavy atom. The third-order valence-electron chi connectivity index (χ3n) is 0.411. The maximum atomic E-state index is 9.70. The molecule has 0 rings (SSSR count). The molecule has 0 spiro atoms. The highest BCUT2D eigenvalue weighted by atomic mass is 16.5. The summed E-state index contributed by atoms with van der Waals surface area (Å²) in [5.41, 5.74) is 4.68. The monoisotopic (exact) mass is 133 g/mol. The van der Waals surface area contributed by atoms with Crippen molar-refractivity contribution in [3.63, 3.8) is 0 Å². The Hall–Kier alpha value is -1.39. The van der Waals surface area contributed by atoms with Crippen molar-refractivity contribution in [1.82, 2.24) is 0 Å². The molecule has 0 aliphatic carbocycles. The molecule has 0 bridgehead atoms. The van der Waals surface area contributed by atoms with Crippen molar-refractivity contribution >= 4 is 5.97 Å². The minimum absolute atomic E-state index is 0.499. The number of aliphatic hydroxyl groups is 1. The number of carbonyl (C=O) groups is 1. The summed E-state index contributed by atoms with van der Waals surface area (Å²) in [6, 6.07) is 0. The van der Waals surface area contributed by atoms with Gasteiger partial charge in [-0.3, -0.25) is 0 Å². The van der Waals surface area contributed by atoms with E-state index in [4.69, 9.17) is 10.2 Å². The molecule has 0 aromatic heterocycles. The van der Waals surface area contributed by atoms with Gasteiger partial charge in [-0.15, -0.1) is 0 Å². The van der Waals surface area contributed by atoms with Crippen molar-refractivity contribution < 1.29 is 19.7 Å². The maximum Gasteiger partial charge on any atom is 0.341 e. The Kier molecular flexibility index (Phi) is 3.04. The van der Waals surface area contributed by atoms with Crippen LogP contribution < -0.4 is 5.73 Å². The molecule has 0 amide bonds. The summed E-state index contributed by atoms with van der Waals surface area (Å²) in [4.78, 5) is 9.70. The van der Waals surface area contributed by atoms with Crippen molar-refractivity contribution in [3.8, 4) is 0 Å². The van der Waals surface area contributed by atoms with Gasteiger partial charge < -0.3 is 20.7 Å². The van der Waals surface area contributed by atoms with Crippen molar-refractivity contribution in [2.45, 2.75) is 0 Å². The molecule has 0 saturated carbocycles. The van der Waals surface area contributed by atoms with Gasteiger partial charge in [-0.05, 0) is 0 Å². The number of aliphatic hydroxyl groups excluding tert-OH is 1. The molecule has 0 atom stereocenters. The first kappa shape index (κ1) is 7.61. The summed E-state index contributed by atoms with van der Waals surface area (Å²) < 4.78 is 4.22. The lowest BCUT2D eigenvalue weighted by Crippen LogP contribution is -2.05. The number of hydrogen-bond acceptors (Lipinski definition) is 4. The van der Waals surface area contributed by atoms with Gasteiger partial charge in [-0.25, -0.2) is 4.79 Å². The number of ether oxygens (including phenoxy) is 1. The fourth-order valence-corrected chi connectivity index (χ4v) is 0.198. The van der Waals surface area contributed by atoms with Crippen LogP contribution in [-0.4, -0.2) is 22.8 Å². The standard InChI is InChI=1S/C4H7NO4/c5-3(6)1-9-2-4(7)8/h1,6H,2,5H2,(H,7,8)/b3-1-. The van der Waals surface area contributed by atoms with E-state index in [0.717, 1.165) is 6.26 Å². The summed E-state index contributed by atoms with van der Waals surface area (Å²) in [5.74, 6) is -1.66. The van der Waals surface area contributed by atoms with Crippen LogP contribution in [0, 0.1) is 0 Å². The molecular weight excluding hydrogens is 126 g/mol. The molecule has 0 heterocycles. The fraction of sp³-hybridized carbons (Fsp3) is 0.250. The normalized spacial score (nSPS) is 10.9. The van der Waals surface area contributed by atoms with Crippen LogP contribution >= 0.6 is 0 Å². The number of carboxylic acids is 1. The van der Waals surface area contributed by atoms with E-state index in [-0.39, 0.29) is 0 Å². The maximum absolute atomic E-state index is 9.70. The highest BCUT2D eigenvalue weighted by molar-refractivity contribution is 5.68. The van der Waals surface area contributed by atoms with Crippen molar-refractivity contribution in [1.29, 1.82) is 0 Å². The highest BCUT2D eigenvalue weighted by Gasteiger charge is 1.92. The van der Waals surface area contributed by atoms with Crippen LogP contribution in [0.5, 0.6) is 0 Å². The molecule has 4 N–H and O–H groups in total. The lowest BCUT2D eigenvalue weighted by molar-refractivity contribution is -0.140. The molecule has 0 aliphatic rings. The molecule has 5 nitrogen and oxygen atoms in total. The van der Waals surface area contributed by atoms with Crippen molar-refractivity contribution in [2.24, 2.45) is 5.73 Å². The molecule has 9 heavy (non-hydrogen) atoms. The lowest BCUT2D eigenvalue weighted by Gasteiger charge is -1.93. The van der Waals surface area contributed by atoms with Crippen LogP contribution in [-0.2, 0) is 9.53 Å². The average molecular weight is 133 g/mol. The summed E-state index contributed by atoms with van der Waals surface area (Å²) in [6.45, 7) is -0.499. The largest absolute Gasteiger partial charge is 0.493 e. The predicted molar refractivity (Wildman–Crippen MR) is 28.5 cm³/mol. The fourth-order valence-electron chi connectivity index (χ4n) is 0.198. The molecule has 0 aliphatic heterocycles. The number of nitrogens with two attached hydrogens (primary N) is 1. The first-order valence-electron chi connectivity index (χ1n) is 2.11. The lowest BCUT2D eigenvalue weighted by atomic mass is 10.7. The van der Waals surface area contributed by atoms with Crippen LogP contribution in [0.15, 0.2) is 12.1 Å². The second kappa shape index (κ2) is 3.59. The van der Waals surface area contributed by atoms with Crippen molar-refractivity contribution in [3.05, 3.63) is 12.1 Å². The minimum Gasteiger partial charge on any atom is -0.493 e. The smallest absolute Gasteiger partial charge is 0.341 e. The van der Waals surface area contributed by atoms with Crippen LogP contribution in [0.2, 0.25) is 0 Å². The second-order valence-electron chi connectivity index (χ2n) is 1.25. The zero-order valence-electron chi connectivity index (χ0n) is 4.57. The van der Waals surface area contributed by atoms with Crippen LogP contribution in [0.25, 0.3) is 0 Å². The predicted octanol–water partition coefficient (Wildman–Crippen LogP) is -0.597. The summed E-state index contributed by atoms with van der Waals surface area (Å²) in [7, 11) is 0. The number of rotatable bonds is 3. The highest BCUT2D eigenvalue weighted by Crippen LogP contribution is 1.78. The van der Waals surface area contributed by atoms with E-state index in [9.17, 15) is 4.79 Å². The second-order valence-corrected chi connectivity index (χ2v) is 1.25. The molecule has 0 saturated heterocycles. The number of aliphatic carboxylic acids is 1. The Labute approximate surface area is 51.3 Å². The molecule has 52 valence electrons. The van der Waals surface area contributed by atoms with E-state index in [1.54, 1.807) is 0 Å². The topological polar surface area (TPSA) is 92.8 Å². The molecular formula is C4H7NO4. The van der Waals surface area contributed by atoms with E-state index >= 15 is 0 Å². The average Bonchev–Trinajstić information content (AvgIpc) is 1.63. The molecule has 5 heteroatoms. The summed E-state index contributed by atoms with van der Waals surface area (Å²) >= 11 is 0. The van der Waals surface area contributed by atoms with Gasteiger partial charge in [-0.2, -0.15) is 0 Å². The van der Waals surface area contributed by atoms with E-state index in [0.29, 0.717) is 0 Å². The molecule has 0 aromatic rings. The molecule has 0 unspecified atom stereocenters. The van der Waals surface area contributed by atoms with Gasteiger partial charge in [0.2, 0.25) is 5.88 Å². The minimum atomic E-state index is -1.12. The van der Waals surface area contributed by atoms with E-state index < -0.39 is 18.5 Å². The third-order valence-corrected chi connectivity index (χ3v) is 0.411. The van der Waals surface area contributed by atoms with Gasteiger partial charge in [0.05, 0.1) is 0 Å². The first-order valence-corrected chi connectivity index (χ1v) is 2.11. The summed E-state index contributed by atoms with van der Waals surface area (Å²) in [6.07, 6.45) is 0.758. The van der Waals surface area contributed by atoms with Gasteiger partial charge in [0.25, 0.3) is 0 Å². The van der Waals surface area contributed by atoms with Gasteiger partial charge in [0, 0.05) is 0 Å². The number of carboxylic acid groups (broad SMARTS) is 1. The van der Waals surface area contributed by atoms with E-state index in [1.165, 1.54) is 0 Å². The quantitative estimate of drug-likeness (QED) is 0.447. The Morgan fingerprint density at radius 1 is 1.67 bits per heavy atom. The van der Waals surface area contributed by atoms with Gasteiger partial charge >= 0.3 is 5.97 Å². The van der Waals surface area contributed by atoms with Gasteiger partial charge in [0.15, 0.2) is 6.61 Å². The van der Waals surface area contributed by atoms with Crippen molar-refractivity contribution in [2.75, 3.05) is 6.61 Å².